The van der Waals surface area contributed by atoms with E-state index >= 15 is 0 Å². The van der Waals surface area contributed by atoms with Crippen LogP contribution in [-0.2, 0) is 11.2 Å². The maximum atomic E-state index is 5.00. The highest BCUT2D eigenvalue weighted by Gasteiger charge is 2.17. The summed E-state index contributed by atoms with van der Waals surface area (Å²) < 4.78 is 5.00. The third kappa shape index (κ3) is 4.77. The second kappa shape index (κ2) is 8.93. The molecule has 1 aliphatic rings. The summed E-state index contributed by atoms with van der Waals surface area (Å²) in [5, 5.41) is 3.36. The molecule has 1 aromatic carbocycles. The molecule has 2 nitrogen and oxygen atoms in total. The Kier molecular flexibility index (Phi) is 6.82. The van der Waals surface area contributed by atoms with Gasteiger partial charge < -0.3 is 10.1 Å². The van der Waals surface area contributed by atoms with E-state index in [2.05, 4.69) is 41.7 Å². The minimum absolute atomic E-state index is 0.734. The molecule has 0 aliphatic heterocycles. The number of aryl methyl sites for hydroxylation is 1. The zero-order valence-corrected chi connectivity index (χ0v) is 12.6. The molecule has 0 amide bonds. The number of allylic oxidation sites excluding steroid dienone is 1. The first-order valence-electron chi connectivity index (χ1n) is 7.84. The molecular formula is C18H27NO. The quantitative estimate of drug-likeness (QED) is 0.576. The SMILES string of the molecule is COCCNCCC=CCC1CCCc2ccccc21. The first-order valence-corrected chi connectivity index (χ1v) is 7.84. The fraction of sp³-hybridized carbons (Fsp3) is 0.556. The van der Waals surface area contributed by atoms with Crippen molar-refractivity contribution in [2.75, 3.05) is 26.8 Å². The van der Waals surface area contributed by atoms with Crippen molar-refractivity contribution in [2.24, 2.45) is 0 Å². The number of methoxy groups -OCH3 is 1. The topological polar surface area (TPSA) is 21.3 Å². The van der Waals surface area contributed by atoms with Crippen molar-refractivity contribution in [1.29, 1.82) is 0 Å². The number of fused-ring (bicyclic) bond motifs is 1. The Morgan fingerprint density at radius 1 is 1.25 bits per heavy atom. The van der Waals surface area contributed by atoms with E-state index < -0.39 is 0 Å². The highest BCUT2D eigenvalue weighted by atomic mass is 16.5. The first-order chi connectivity index (χ1) is 9.92. The van der Waals surface area contributed by atoms with Crippen LogP contribution in [0.5, 0.6) is 0 Å². The maximum absolute atomic E-state index is 5.00. The van der Waals surface area contributed by atoms with Crippen molar-refractivity contribution in [3.8, 4) is 0 Å². The second-order valence-electron chi connectivity index (χ2n) is 5.53. The van der Waals surface area contributed by atoms with Crippen molar-refractivity contribution in [1.82, 2.24) is 5.32 Å². The van der Waals surface area contributed by atoms with E-state index in [1.54, 1.807) is 18.2 Å². The van der Waals surface area contributed by atoms with Gasteiger partial charge in [-0.25, -0.2) is 0 Å². The standard InChI is InChI=1S/C18H27NO/c1-20-15-14-19-13-6-2-3-8-16-10-7-11-17-9-4-5-12-18(16)17/h2-5,9,12,16,19H,6-8,10-11,13-15H2,1H3. The molecule has 110 valence electrons. The van der Waals surface area contributed by atoms with Crippen LogP contribution in [0, 0.1) is 0 Å². The molecule has 0 heterocycles. The molecule has 0 saturated carbocycles. The average molecular weight is 273 g/mol. The Labute approximate surface area is 123 Å². The van der Waals surface area contributed by atoms with Gasteiger partial charge in [0.05, 0.1) is 6.61 Å². The lowest BCUT2D eigenvalue weighted by molar-refractivity contribution is 0.199. The van der Waals surface area contributed by atoms with Gasteiger partial charge in [-0.3, -0.25) is 0 Å². The number of hydrogen-bond donors (Lipinski definition) is 1. The Hall–Kier alpha value is -1.12. The van der Waals surface area contributed by atoms with Gasteiger partial charge in [0.25, 0.3) is 0 Å². The van der Waals surface area contributed by atoms with E-state index in [1.165, 1.54) is 25.7 Å². The molecule has 1 aromatic rings. The van der Waals surface area contributed by atoms with Crippen LogP contribution in [0.1, 0.15) is 42.7 Å². The number of nitrogens with one attached hydrogen (secondary N) is 1. The Morgan fingerprint density at radius 2 is 2.15 bits per heavy atom. The van der Waals surface area contributed by atoms with Crippen LogP contribution in [0.2, 0.25) is 0 Å². The smallest absolute Gasteiger partial charge is 0.0587 e. The third-order valence-electron chi connectivity index (χ3n) is 4.05. The average Bonchev–Trinajstić information content (AvgIpc) is 2.50. The summed E-state index contributed by atoms with van der Waals surface area (Å²) in [6.07, 6.45) is 10.9. The molecule has 1 atom stereocenters. The molecule has 0 fully saturated rings. The van der Waals surface area contributed by atoms with Gasteiger partial charge in [0.1, 0.15) is 0 Å². The number of hydrogen-bond acceptors (Lipinski definition) is 2. The van der Waals surface area contributed by atoms with E-state index in [9.17, 15) is 0 Å². The lowest BCUT2D eigenvalue weighted by atomic mass is 9.81. The minimum Gasteiger partial charge on any atom is -0.383 e. The molecule has 20 heavy (non-hydrogen) atoms. The minimum atomic E-state index is 0.734. The number of ether oxygens (including phenoxy) is 1. The van der Waals surface area contributed by atoms with E-state index in [1.807, 2.05) is 0 Å². The third-order valence-corrected chi connectivity index (χ3v) is 4.05. The number of rotatable bonds is 8. The lowest BCUT2D eigenvalue weighted by Crippen LogP contribution is -2.19. The van der Waals surface area contributed by atoms with Crippen molar-refractivity contribution >= 4 is 0 Å². The van der Waals surface area contributed by atoms with Crippen molar-refractivity contribution in [2.45, 2.75) is 38.0 Å². The van der Waals surface area contributed by atoms with Crippen LogP contribution in [-0.4, -0.2) is 26.8 Å². The van der Waals surface area contributed by atoms with Crippen molar-refractivity contribution in [3.63, 3.8) is 0 Å². The van der Waals surface area contributed by atoms with Gasteiger partial charge in [-0.05, 0) is 55.7 Å². The second-order valence-corrected chi connectivity index (χ2v) is 5.53. The fourth-order valence-corrected chi connectivity index (χ4v) is 2.96. The predicted molar refractivity (Wildman–Crippen MR) is 85.2 cm³/mol. The Balaban J connectivity index is 1.70. The molecule has 2 heteroatoms. The molecule has 0 bridgehead atoms. The zero-order chi connectivity index (χ0) is 14.0. The van der Waals surface area contributed by atoms with Crippen LogP contribution < -0.4 is 5.32 Å². The van der Waals surface area contributed by atoms with Gasteiger partial charge in [0.2, 0.25) is 0 Å². The van der Waals surface area contributed by atoms with E-state index in [-0.39, 0.29) is 0 Å². The lowest BCUT2D eigenvalue weighted by Gasteiger charge is -2.24. The van der Waals surface area contributed by atoms with Gasteiger partial charge in [-0.15, -0.1) is 0 Å². The normalized spacial score (nSPS) is 18.4. The summed E-state index contributed by atoms with van der Waals surface area (Å²) in [5.41, 5.74) is 3.15. The van der Waals surface area contributed by atoms with Gasteiger partial charge in [0, 0.05) is 13.7 Å². The van der Waals surface area contributed by atoms with Crippen LogP contribution in [0.25, 0.3) is 0 Å². The van der Waals surface area contributed by atoms with Gasteiger partial charge in [-0.1, -0.05) is 36.4 Å². The molecule has 0 saturated heterocycles. The molecule has 1 unspecified atom stereocenters. The molecular weight excluding hydrogens is 246 g/mol. The summed E-state index contributed by atoms with van der Waals surface area (Å²) in [6, 6.07) is 8.97. The highest BCUT2D eigenvalue weighted by Crippen LogP contribution is 2.33. The van der Waals surface area contributed by atoms with Gasteiger partial charge in [0.15, 0.2) is 0 Å². The Bertz CT molecular complexity index is 414. The highest BCUT2D eigenvalue weighted by molar-refractivity contribution is 5.32. The molecule has 2 rings (SSSR count). The first kappa shape index (κ1) is 15.3. The molecule has 0 spiro atoms. The molecule has 0 aromatic heterocycles. The van der Waals surface area contributed by atoms with Crippen molar-refractivity contribution in [3.05, 3.63) is 47.5 Å². The Morgan fingerprint density at radius 3 is 3.05 bits per heavy atom. The molecule has 0 radical (unpaired) electrons. The van der Waals surface area contributed by atoms with Crippen LogP contribution in [0.4, 0.5) is 0 Å². The van der Waals surface area contributed by atoms with Gasteiger partial charge in [-0.2, -0.15) is 0 Å². The largest absolute Gasteiger partial charge is 0.383 e. The summed E-state index contributed by atoms with van der Waals surface area (Å²) in [4.78, 5) is 0. The predicted octanol–water partition coefficient (Wildman–Crippen LogP) is 3.68. The van der Waals surface area contributed by atoms with Crippen LogP contribution in [0.15, 0.2) is 36.4 Å². The summed E-state index contributed by atoms with van der Waals surface area (Å²) in [5.74, 6) is 0.734. The summed E-state index contributed by atoms with van der Waals surface area (Å²) in [7, 11) is 1.74. The van der Waals surface area contributed by atoms with E-state index in [0.717, 1.165) is 32.0 Å². The fourth-order valence-electron chi connectivity index (χ4n) is 2.96. The van der Waals surface area contributed by atoms with Crippen molar-refractivity contribution < 1.29 is 4.74 Å². The van der Waals surface area contributed by atoms with Crippen LogP contribution in [0.3, 0.4) is 0 Å². The van der Waals surface area contributed by atoms with Gasteiger partial charge >= 0.3 is 0 Å². The summed E-state index contributed by atoms with van der Waals surface area (Å²) >= 11 is 0. The molecule has 1 aliphatic carbocycles. The van der Waals surface area contributed by atoms with E-state index in [4.69, 9.17) is 4.74 Å². The van der Waals surface area contributed by atoms with Crippen LogP contribution >= 0.6 is 0 Å². The zero-order valence-electron chi connectivity index (χ0n) is 12.6. The summed E-state index contributed by atoms with van der Waals surface area (Å²) in [6.45, 7) is 2.78. The molecule has 1 N–H and O–H groups in total. The monoisotopic (exact) mass is 273 g/mol. The maximum Gasteiger partial charge on any atom is 0.0587 e. The van der Waals surface area contributed by atoms with E-state index in [0.29, 0.717) is 0 Å². The number of benzene rings is 1.